The number of nitrogens with zero attached hydrogens (tertiary/aromatic N) is 1. The van der Waals surface area contributed by atoms with Gasteiger partial charge in [-0.05, 0) is 37.1 Å². The van der Waals surface area contributed by atoms with Gasteiger partial charge in [-0.15, -0.1) is 0 Å². The van der Waals surface area contributed by atoms with Crippen molar-refractivity contribution in [2.75, 3.05) is 18.8 Å². The average molecular weight is 325 g/mol. The van der Waals surface area contributed by atoms with Crippen LogP contribution in [0.1, 0.15) is 30.1 Å². The van der Waals surface area contributed by atoms with Gasteiger partial charge in [-0.1, -0.05) is 6.92 Å². The minimum atomic E-state index is -3.27. The summed E-state index contributed by atoms with van der Waals surface area (Å²) >= 11 is 0. The van der Waals surface area contributed by atoms with E-state index in [-0.39, 0.29) is 22.5 Å². The molecular formula is C15H19NO5S. The molecule has 0 spiro atoms. The number of aliphatic carboxylic acids is 1. The first-order chi connectivity index (χ1) is 10.3. The van der Waals surface area contributed by atoms with Gasteiger partial charge in [-0.3, -0.25) is 9.59 Å². The van der Waals surface area contributed by atoms with Crippen LogP contribution in [0.15, 0.2) is 29.2 Å². The van der Waals surface area contributed by atoms with Gasteiger partial charge >= 0.3 is 5.97 Å². The molecule has 7 heteroatoms. The second-order valence-corrected chi connectivity index (χ2v) is 7.61. The molecule has 1 aliphatic rings. The van der Waals surface area contributed by atoms with Crippen molar-refractivity contribution in [3.63, 3.8) is 0 Å². The molecule has 1 aromatic carbocycles. The molecule has 0 radical (unpaired) electrons. The third-order valence-electron chi connectivity index (χ3n) is 3.97. The molecule has 0 aliphatic carbocycles. The number of amides is 1. The highest BCUT2D eigenvalue weighted by molar-refractivity contribution is 7.91. The molecule has 1 N–H and O–H groups in total. The van der Waals surface area contributed by atoms with Gasteiger partial charge < -0.3 is 10.0 Å². The van der Waals surface area contributed by atoms with Crippen LogP contribution in [0.4, 0.5) is 0 Å². The topological polar surface area (TPSA) is 91.8 Å². The smallest absolute Gasteiger partial charge is 0.306 e. The third kappa shape index (κ3) is 3.47. The zero-order valence-corrected chi connectivity index (χ0v) is 13.2. The highest BCUT2D eigenvalue weighted by Crippen LogP contribution is 2.20. The zero-order valence-electron chi connectivity index (χ0n) is 12.4. The predicted molar refractivity (Wildman–Crippen MR) is 80.4 cm³/mol. The van der Waals surface area contributed by atoms with Crippen LogP contribution in [0.25, 0.3) is 0 Å². The Morgan fingerprint density at radius 3 is 2.18 bits per heavy atom. The van der Waals surface area contributed by atoms with E-state index in [4.69, 9.17) is 5.11 Å². The second kappa shape index (κ2) is 6.48. The minimum Gasteiger partial charge on any atom is -0.481 e. The van der Waals surface area contributed by atoms with Crippen LogP contribution in [0.3, 0.4) is 0 Å². The number of rotatable bonds is 4. The lowest BCUT2D eigenvalue weighted by molar-refractivity contribution is -0.143. The average Bonchev–Trinajstić information content (AvgIpc) is 2.54. The van der Waals surface area contributed by atoms with E-state index in [0.717, 1.165) is 0 Å². The van der Waals surface area contributed by atoms with Crippen LogP contribution >= 0.6 is 0 Å². The number of carbonyl (C=O) groups is 2. The van der Waals surface area contributed by atoms with Crippen LogP contribution in [-0.4, -0.2) is 49.1 Å². The second-order valence-electron chi connectivity index (χ2n) is 5.33. The van der Waals surface area contributed by atoms with Crippen molar-refractivity contribution < 1.29 is 23.1 Å². The van der Waals surface area contributed by atoms with E-state index < -0.39 is 15.8 Å². The maximum atomic E-state index is 12.3. The summed E-state index contributed by atoms with van der Waals surface area (Å²) in [4.78, 5) is 25.1. The number of hydrogen-bond donors (Lipinski definition) is 1. The molecule has 2 rings (SSSR count). The number of hydrogen-bond acceptors (Lipinski definition) is 4. The Bertz CT molecular complexity index is 658. The number of carbonyl (C=O) groups excluding carboxylic acids is 1. The molecule has 0 saturated carbocycles. The number of carboxylic acid groups (broad SMARTS) is 1. The molecular weight excluding hydrogens is 306 g/mol. The highest BCUT2D eigenvalue weighted by Gasteiger charge is 2.27. The summed E-state index contributed by atoms with van der Waals surface area (Å²) in [6.45, 7) is 2.39. The number of piperidine rings is 1. The third-order valence-corrected chi connectivity index (χ3v) is 5.72. The Morgan fingerprint density at radius 2 is 1.73 bits per heavy atom. The number of likely N-dealkylation sites (tertiary alicyclic amines) is 1. The van der Waals surface area contributed by atoms with Gasteiger partial charge in [0, 0.05) is 18.7 Å². The fourth-order valence-corrected chi connectivity index (χ4v) is 3.37. The van der Waals surface area contributed by atoms with Crippen molar-refractivity contribution in [1.82, 2.24) is 4.90 Å². The summed E-state index contributed by atoms with van der Waals surface area (Å²) in [7, 11) is -3.27. The molecule has 1 fully saturated rings. The molecule has 0 atom stereocenters. The van der Waals surface area contributed by atoms with Crippen molar-refractivity contribution in [2.24, 2.45) is 5.92 Å². The molecule has 1 aliphatic heterocycles. The number of carboxylic acids is 1. The van der Waals surface area contributed by atoms with Gasteiger partial charge in [0.15, 0.2) is 9.84 Å². The normalized spacial score (nSPS) is 16.5. The largest absolute Gasteiger partial charge is 0.481 e. The van der Waals surface area contributed by atoms with E-state index >= 15 is 0 Å². The van der Waals surface area contributed by atoms with Crippen molar-refractivity contribution in [3.8, 4) is 0 Å². The van der Waals surface area contributed by atoms with E-state index in [1.165, 1.54) is 24.3 Å². The van der Waals surface area contributed by atoms with Crippen molar-refractivity contribution >= 4 is 21.7 Å². The summed E-state index contributed by atoms with van der Waals surface area (Å²) in [6.07, 6.45) is 0.896. The van der Waals surface area contributed by atoms with Crippen LogP contribution < -0.4 is 0 Å². The highest BCUT2D eigenvalue weighted by atomic mass is 32.2. The zero-order chi connectivity index (χ0) is 16.3. The molecule has 1 saturated heterocycles. The van der Waals surface area contributed by atoms with E-state index in [9.17, 15) is 18.0 Å². The fourth-order valence-electron chi connectivity index (χ4n) is 2.48. The molecule has 120 valence electrons. The first-order valence-corrected chi connectivity index (χ1v) is 8.85. The van der Waals surface area contributed by atoms with Crippen LogP contribution in [0, 0.1) is 5.92 Å². The molecule has 22 heavy (non-hydrogen) atoms. The van der Waals surface area contributed by atoms with E-state index in [2.05, 4.69) is 0 Å². The van der Waals surface area contributed by atoms with E-state index in [0.29, 0.717) is 31.5 Å². The molecule has 1 amide bonds. The lowest BCUT2D eigenvalue weighted by Gasteiger charge is -2.30. The predicted octanol–water partition coefficient (Wildman–Crippen LogP) is 1.42. The van der Waals surface area contributed by atoms with Crippen LogP contribution in [0.2, 0.25) is 0 Å². The summed E-state index contributed by atoms with van der Waals surface area (Å²) in [6, 6.07) is 5.90. The molecule has 1 aromatic rings. The number of benzene rings is 1. The molecule has 0 unspecified atom stereocenters. The SMILES string of the molecule is CCS(=O)(=O)c1ccc(C(=O)N2CCC(C(=O)O)CC2)cc1. The molecule has 1 heterocycles. The maximum Gasteiger partial charge on any atom is 0.306 e. The van der Waals surface area contributed by atoms with Crippen LogP contribution in [0.5, 0.6) is 0 Å². The van der Waals surface area contributed by atoms with Gasteiger partial charge in [0.25, 0.3) is 5.91 Å². The van der Waals surface area contributed by atoms with Crippen molar-refractivity contribution in [1.29, 1.82) is 0 Å². The van der Waals surface area contributed by atoms with Crippen LogP contribution in [-0.2, 0) is 14.6 Å². The molecule has 0 aromatic heterocycles. The Kier molecular flexibility index (Phi) is 4.85. The first kappa shape index (κ1) is 16.5. The maximum absolute atomic E-state index is 12.3. The Hall–Kier alpha value is -1.89. The monoisotopic (exact) mass is 325 g/mol. The van der Waals surface area contributed by atoms with Gasteiger partial charge in [0.1, 0.15) is 0 Å². The van der Waals surface area contributed by atoms with Crippen molar-refractivity contribution in [2.45, 2.75) is 24.7 Å². The summed E-state index contributed by atoms with van der Waals surface area (Å²) in [5, 5.41) is 8.95. The van der Waals surface area contributed by atoms with Gasteiger partial charge in [0.2, 0.25) is 0 Å². The Labute approximate surface area is 129 Å². The summed E-state index contributed by atoms with van der Waals surface area (Å²) in [5.41, 5.74) is 0.420. The minimum absolute atomic E-state index is 0.0169. The van der Waals surface area contributed by atoms with Gasteiger partial charge in [0.05, 0.1) is 16.6 Å². The van der Waals surface area contributed by atoms with E-state index in [1.54, 1.807) is 11.8 Å². The fraction of sp³-hybridized carbons (Fsp3) is 0.467. The first-order valence-electron chi connectivity index (χ1n) is 7.20. The summed E-state index contributed by atoms with van der Waals surface area (Å²) in [5.74, 6) is -1.38. The van der Waals surface area contributed by atoms with Crippen molar-refractivity contribution in [3.05, 3.63) is 29.8 Å². The molecule has 0 bridgehead atoms. The Balaban J connectivity index is 2.07. The number of sulfone groups is 1. The van der Waals surface area contributed by atoms with Gasteiger partial charge in [-0.25, -0.2) is 8.42 Å². The van der Waals surface area contributed by atoms with E-state index in [1.807, 2.05) is 0 Å². The quantitative estimate of drug-likeness (QED) is 0.904. The van der Waals surface area contributed by atoms with Gasteiger partial charge in [-0.2, -0.15) is 0 Å². The lowest BCUT2D eigenvalue weighted by atomic mass is 9.96. The Morgan fingerprint density at radius 1 is 1.18 bits per heavy atom. The summed E-state index contributed by atoms with van der Waals surface area (Å²) < 4.78 is 23.5. The lowest BCUT2D eigenvalue weighted by Crippen LogP contribution is -2.40. The standard InChI is InChI=1S/C15H19NO5S/c1-2-22(20,21)13-5-3-11(4-6-13)14(17)16-9-7-12(8-10-16)15(18)19/h3-6,12H,2,7-10H2,1H3,(H,18,19). The molecule has 6 nitrogen and oxygen atoms in total.